The number of carbonyl (C=O) groups is 1. The van der Waals surface area contributed by atoms with Crippen LogP contribution in [0.15, 0.2) is 48.5 Å². The Kier molecular flexibility index (Phi) is 4.46. The molecule has 0 bridgehead atoms. The molecule has 2 aromatic carbocycles. The van der Waals surface area contributed by atoms with Crippen LogP contribution in [0.25, 0.3) is 6.08 Å². The van der Waals surface area contributed by atoms with Crippen molar-refractivity contribution >= 4 is 23.4 Å². The molecule has 0 fully saturated rings. The van der Waals surface area contributed by atoms with E-state index >= 15 is 0 Å². The molecule has 0 heterocycles. The van der Waals surface area contributed by atoms with Crippen LogP contribution in [0.2, 0.25) is 0 Å². The van der Waals surface area contributed by atoms with Crippen LogP contribution in [0.1, 0.15) is 5.56 Å². The van der Waals surface area contributed by atoms with E-state index in [1.165, 1.54) is 12.1 Å². The van der Waals surface area contributed by atoms with E-state index in [0.29, 0.717) is 17.1 Å². The third-order valence-electron chi connectivity index (χ3n) is 2.75. The van der Waals surface area contributed by atoms with Gasteiger partial charge in [-0.2, -0.15) is 0 Å². The Morgan fingerprint density at radius 1 is 1.14 bits per heavy atom. The topological polar surface area (TPSA) is 87.6 Å². The Hall–Kier alpha value is -2.95. The van der Waals surface area contributed by atoms with Crippen molar-refractivity contribution in [2.75, 3.05) is 18.6 Å². The molecule has 108 valence electrons. The Balaban J connectivity index is 2.05. The van der Waals surface area contributed by atoms with Gasteiger partial charge in [0.1, 0.15) is 5.75 Å². The number of anilines is 2. The molecule has 0 saturated carbocycles. The zero-order chi connectivity index (χ0) is 15.2. The first-order chi connectivity index (χ1) is 10.1. The molecule has 0 amide bonds. The van der Waals surface area contributed by atoms with Gasteiger partial charge in [-0.3, -0.25) is 0 Å². The highest BCUT2D eigenvalue weighted by Crippen LogP contribution is 2.23. The molecule has 0 saturated heterocycles. The predicted molar refractivity (Wildman–Crippen MR) is 82.9 cm³/mol. The molecule has 0 atom stereocenters. The number of hydrogen-bond acceptors (Lipinski definition) is 5. The fraction of sp³-hybridized carbons (Fsp3) is 0.0625. The highest BCUT2D eigenvalue weighted by molar-refractivity contribution is 5.89. The molecule has 0 unspecified atom stereocenters. The van der Waals surface area contributed by atoms with Crippen LogP contribution in [-0.2, 0) is 4.79 Å². The average molecular weight is 284 g/mol. The largest absolute Gasteiger partial charge is 0.497 e. The second-order valence-corrected chi connectivity index (χ2v) is 4.33. The van der Waals surface area contributed by atoms with Gasteiger partial charge in [-0.15, -0.1) is 0 Å². The molecule has 4 N–H and O–H groups in total. The lowest BCUT2D eigenvalue weighted by molar-refractivity contribution is -0.128. The minimum Gasteiger partial charge on any atom is -0.497 e. The van der Waals surface area contributed by atoms with E-state index in [2.05, 4.69) is 0 Å². The number of esters is 1. The molecule has 0 aromatic heterocycles. The van der Waals surface area contributed by atoms with Gasteiger partial charge in [0.05, 0.1) is 12.8 Å². The summed E-state index contributed by atoms with van der Waals surface area (Å²) in [6.45, 7) is 0. The zero-order valence-electron chi connectivity index (χ0n) is 11.6. The second-order valence-electron chi connectivity index (χ2n) is 4.33. The van der Waals surface area contributed by atoms with Gasteiger partial charge in [-0.1, -0.05) is 12.1 Å². The lowest BCUT2D eigenvalue weighted by Crippen LogP contribution is -2.06. The number of nitrogen functional groups attached to an aromatic ring is 2. The van der Waals surface area contributed by atoms with Crippen LogP contribution >= 0.6 is 0 Å². The monoisotopic (exact) mass is 284 g/mol. The number of benzene rings is 2. The van der Waals surface area contributed by atoms with E-state index in [0.717, 1.165) is 5.56 Å². The van der Waals surface area contributed by atoms with E-state index in [1.54, 1.807) is 31.4 Å². The number of ether oxygens (including phenoxy) is 2. The van der Waals surface area contributed by atoms with Crippen molar-refractivity contribution in [3.05, 3.63) is 54.1 Å². The molecular weight excluding hydrogens is 268 g/mol. The fourth-order valence-corrected chi connectivity index (χ4v) is 1.71. The van der Waals surface area contributed by atoms with Crippen molar-refractivity contribution in [3.8, 4) is 11.5 Å². The first-order valence-electron chi connectivity index (χ1n) is 6.27. The van der Waals surface area contributed by atoms with E-state index in [1.807, 2.05) is 18.2 Å². The zero-order valence-corrected chi connectivity index (χ0v) is 11.6. The Morgan fingerprint density at radius 3 is 2.67 bits per heavy atom. The van der Waals surface area contributed by atoms with Crippen LogP contribution in [0.3, 0.4) is 0 Å². The van der Waals surface area contributed by atoms with Crippen LogP contribution in [-0.4, -0.2) is 13.1 Å². The summed E-state index contributed by atoms with van der Waals surface area (Å²) in [6.07, 6.45) is 2.96. The molecule has 0 aliphatic heterocycles. The summed E-state index contributed by atoms with van der Waals surface area (Å²) >= 11 is 0. The SMILES string of the molecule is COc1cccc(C=CC(=O)Oc2ccc(N)cc2N)c1. The molecule has 0 radical (unpaired) electrons. The summed E-state index contributed by atoms with van der Waals surface area (Å²) in [5.74, 6) is 0.479. The van der Waals surface area contributed by atoms with Gasteiger partial charge < -0.3 is 20.9 Å². The van der Waals surface area contributed by atoms with E-state index in [-0.39, 0.29) is 5.75 Å². The third kappa shape index (κ3) is 4.01. The Labute approximate surface area is 122 Å². The number of methoxy groups -OCH3 is 1. The maximum Gasteiger partial charge on any atom is 0.336 e. The third-order valence-corrected chi connectivity index (χ3v) is 2.75. The minimum atomic E-state index is -0.519. The first kappa shape index (κ1) is 14.5. The Bertz CT molecular complexity index is 681. The van der Waals surface area contributed by atoms with E-state index < -0.39 is 5.97 Å². The molecule has 2 aromatic rings. The molecule has 21 heavy (non-hydrogen) atoms. The molecule has 0 spiro atoms. The van der Waals surface area contributed by atoms with E-state index in [4.69, 9.17) is 20.9 Å². The van der Waals surface area contributed by atoms with Gasteiger partial charge in [0.25, 0.3) is 0 Å². The van der Waals surface area contributed by atoms with Gasteiger partial charge >= 0.3 is 5.97 Å². The summed E-state index contributed by atoms with van der Waals surface area (Å²) in [5, 5.41) is 0. The maximum atomic E-state index is 11.8. The molecule has 5 heteroatoms. The highest BCUT2D eigenvalue weighted by Gasteiger charge is 2.05. The highest BCUT2D eigenvalue weighted by atomic mass is 16.5. The average Bonchev–Trinajstić information content (AvgIpc) is 2.48. The van der Waals surface area contributed by atoms with Crippen molar-refractivity contribution < 1.29 is 14.3 Å². The summed E-state index contributed by atoms with van der Waals surface area (Å²) in [5.41, 5.74) is 13.0. The normalized spacial score (nSPS) is 10.5. The van der Waals surface area contributed by atoms with Gasteiger partial charge in [-0.05, 0) is 42.0 Å². The smallest absolute Gasteiger partial charge is 0.336 e. The van der Waals surface area contributed by atoms with Crippen LogP contribution in [0, 0.1) is 0 Å². The first-order valence-corrected chi connectivity index (χ1v) is 6.27. The molecular formula is C16H16N2O3. The lowest BCUT2D eigenvalue weighted by atomic mass is 10.2. The van der Waals surface area contributed by atoms with Gasteiger partial charge in [0.2, 0.25) is 0 Å². The maximum absolute atomic E-state index is 11.8. The molecule has 2 rings (SSSR count). The lowest BCUT2D eigenvalue weighted by Gasteiger charge is -2.05. The molecule has 5 nitrogen and oxygen atoms in total. The minimum absolute atomic E-state index is 0.282. The van der Waals surface area contributed by atoms with Crippen molar-refractivity contribution in [2.45, 2.75) is 0 Å². The summed E-state index contributed by atoms with van der Waals surface area (Å²) in [6, 6.07) is 12.0. The van der Waals surface area contributed by atoms with Crippen molar-refractivity contribution in [1.82, 2.24) is 0 Å². The molecule has 0 aliphatic carbocycles. The quantitative estimate of drug-likeness (QED) is 0.390. The van der Waals surface area contributed by atoms with E-state index in [9.17, 15) is 4.79 Å². The van der Waals surface area contributed by atoms with Crippen molar-refractivity contribution in [1.29, 1.82) is 0 Å². The fourth-order valence-electron chi connectivity index (χ4n) is 1.71. The van der Waals surface area contributed by atoms with Crippen molar-refractivity contribution in [2.24, 2.45) is 0 Å². The summed E-state index contributed by atoms with van der Waals surface area (Å²) in [7, 11) is 1.58. The predicted octanol–water partition coefficient (Wildman–Crippen LogP) is 2.48. The van der Waals surface area contributed by atoms with Crippen LogP contribution in [0.4, 0.5) is 11.4 Å². The standard InChI is InChI=1S/C16H16N2O3/c1-20-13-4-2-3-11(9-13)5-8-16(19)21-15-7-6-12(17)10-14(15)18/h2-10H,17-18H2,1H3. The Morgan fingerprint density at radius 2 is 1.95 bits per heavy atom. The van der Waals surface area contributed by atoms with Gasteiger partial charge in [0, 0.05) is 11.8 Å². The van der Waals surface area contributed by atoms with Crippen molar-refractivity contribution in [3.63, 3.8) is 0 Å². The number of rotatable bonds is 4. The van der Waals surface area contributed by atoms with Crippen LogP contribution in [0.5, 0.6) is 11.5 Å². The number of carbonyl (C=O) groups excluding carboxylic acids is 1. The summed E-state index contributed by atoms with van der Waals surface area (Å²) in [4.78, 5) is 11.8. The molecule has 0 aliphatic rings. The van der Waals surface area contributed by atoms with Crippen LogP contribution < -0.4 is 20.9 Å². The summed E-state index contributed by atoms with van der Waals surface area (Å²) < 4.78 is 10.2. The number of hydrogen-bond donors (Lipinski definition) is 2. The number of nitrogens with two attached hydrogens (primary N) is 2. The van der Waals surface area contributed by atoms with Gasteiger partial charge in [0.15, 0.2) is 5.75 Å². The second kappa shape index (κ2) is 6.47. The van der Waals surface area contributed by atoms with Gasteiger partial charge in [-0.25, -0.2) is 4.79 Å².